The lowest BCUT2D eigenvalue weighted by atomic mass is 10.2. The van der Waals surface area contributed by atoms with E-state index < -0.39 is 28.6 Å². The van der Waals surface area contributed by atoms with E-state index in [4.69, 9.17) is 5.11 Å². The van der Waals surface area contributed by atoms with Crippen molar-refractivity contribution in [1.29, 1.82) is 0 Å². The number of carbonyl (C=O) groups is 2. The van der Waals surface area contributed by atoms with E-state index in [2.05, 4.69) is 0 Å². The zero-order chi connectivity index (χ0) is 15.6. The highest BCUT2D eigenvalue weighted by atomic mass is 32.1. The molecule has 1 aromatic carbocycles. The third-order valence-corrected chi connectivity index (χ3v) is 3.46. The highest BCUT2D eigenvalue weighted by Crippen LogP contribution is 2.31. The first-order valence-corrected chi connectivity index (χ1v) is 6.47. The molecule has 0 fully saturated rings. The number of rotatable bonds is 3. The highest BCUT2D eigenvalue weighted by Gasteiger charge is 2.43. The number of halogens is 3. The Hall–Kier alpha value is -2.35. The van der Waals surface area contributed by atoms with Gasteiger partial charge in [0.25, 0.3) is 5.91 Å². The summed E-state index contributed by atoms with van der Waals surface area (Å²) in [5.41, 5.74) is -0.869. The monoisotopic (exact) mass is 315 g/mol. The standard InChI is InChI=1S/C13H8F3NO3S/c14-13(15,16)17(8-4-2-1-3-5-8)11(18)9-6-7-21-10(9)12(19)20/h1-7H,(H,19,20). The summed E-state index contributed by atoms with van der Waals surface area (Å²) in [6.45, 7) is 0. The molecule has 1 heterocycles. The fourth-order valence-electron chi connectivity index (χ4n) is 1.72. The van der Waals surface area contributed by atoms with Crippen LogP contribution in [-0.2, 0) is 0 Å². The van der Waals surface area contributed by atoms with Gasteiger partial charge in [0.1, 0.15) is 4.88 Å². The summed E-state index contributed by atoms with van der Waals surface area (Å²) in [5.74, 6) is -2.86. The minimum atomic E-state index is -4.96. The number of benzene rings is 1. The molecule has 0 saturated carbocycles. The molecule has 0 aliphatic heterocycles. The fraction of sp³-hybridized carbons (Fsp3) is 0.0769. The van der Waals surface area contributed by atoms with Crippen LogP contribution in [0, 0.1) is 0 Å². The Labute approximate surface area is 121 Å². The second-order valence-electron chi connectivity index (χ2n) is 3.91. The number of alkyl halides is 3. The summed E-state index contributed by atoms with van der Waals surface area (Å²) >= 11 is 0.695. The van der Waals surface area contributed by atoms with E-state index in [1.165, 1.54) is 23.6 Å². The minimum Gasteiger partial charge on any atom is -0.477 e. The van der Waals surface area contributed by atoms with E-state index in [0.717, 1.165) is 18.2 Å². The van der Waals surface area contributed by atoms with Gasteiger partial charge in [0.15, 0.2) is 0 Å². The van der Waals surface area contributed by atoms with Crippen LogP contribution in [0.15, 0.2) is 41.8 Å². The zero-order valence-corrected chi connectivity index (χ0v) is 11.1. The minimum absolute atomic E-state index is 0.374. The van der Waals surface area contributed by atoms with Crippen LogP contribution in [0.25, 0.3) is 0 Å². The van der Waals surface area contributed by atoms with Crippen LogP contribution in [0.4, 0.5) is 18.9 Å². The summed E-state index contributed by atoms with van der Waals surface area (Å²) < 4.78 is 39.4. The van der Waals surface area contributed by atoms with Gasteiger partial charge >= 0.3 is 12.3 Å². The zero-order valence-electron chi connectivity index (χ0n) is 10.3. The molecule has 110 valence electrons. The second kappa shape index (κ2) is 5.57. The molecular weight excluding hydrogens is 307 g/mol. The van der Waals surface area contributed by atoms with E-state index in [-0.39, 0.29) is 10.6 Å². The summed E-state index contributed by atoms with van der Waals surface area (Å²) in [5, 5.41) is 10.2. The van der Waals surface area contributed by atoms with Crippen molar-refractivity contribution < 1.29 is 27.9 Å². The van der Waals surface area contributed by atoms with Crippen LogP contribution in [0.2, 0.25) is 0 Å². The number of carboxylic acids is 1. The Morgan fingerprint density at radius 3 is 2.24 bits per heavy atom. The van der Waals surface area contributed by atoms with Crippen molar-refractivity contribution in [3.63, 3.8) is 0 Å². The predicted molar refractivity (Wildman–Crippen MR) is 70.6 cm³/mol. The molecule has 2 aromatic rings. The van der Waals surface area contributed by atoms with Crippen molar-refractivity contribution in [2.24, 2.45) is 0 Å². The molecule has 0 aliphatic carbocycles. The summed E-state index contributed by atoms with van der Waals surface area (Å²) in [7, 11) is 0. The second-order valence-corrected chi connectivity index (χ2v) is 4.83. The first-order chi connectivity index (χ1) is 9.82. The first-order valence-electron chi connectivity index (χ1n) is 5.59. The number of para-hydroxylation sites is 1. The van der Waals surface area contributed by atoms with Gasteiger partial charge < -0.3 is 5.11 Å². The molecule has 0 spiro atoms. The SMILES string of the molecule is O=C(O)c1sccc1C(=O)N(c1ccccc1)C(F)(F)F. The molecule has 4 nitrogen and oxygen atoms in total. The number of anilines is 1. The van der Waals surface area contributed by atoms with Gasteiger partial charge in [-0.05, 0) is 23.6 Å². The number of nitrogens with zero attached hydrogens (tertiary/aromatic N) is 1. The number of hydrogen-bond donors (Lipinski definition) is 1. The number of aromatic carboxylic acids is 1. The average Bonchev–Trinajstić information content (AvgIpc) is 2.87. The Kier molecular flexibility index (Phi) is 3.99. The van der Waals surface area contributed by atoms with Gasteiger partial charge in [-0.1, -0.05) is 18.2 Å². The van der Waals surface area contributed by atoms with Crippen LogP contribution in [-0.4, -0.2) is 23.3 Å². The van der Waals surface area contributed by atoms with Crippen molar-refractivity contribution in [2.45, 2.75) is 6.30 Å². The molecule has 0 bridgehead atoms. The maximum absolute atomic E-state index is 13.1. The molecule has 1 aromatic heterocycles. The molecule has 8 heteroatoms. The molecule has 0 radical (unpaired) electrons. The topological polar surface area (TPSA) is 57.6 Å². The molecule has 1 amide bonds. The summed E-state index contributed by atoms with van der Waals surface area (Å²) in [6, 6.07) is 7.53. The third-order valence-electron chi connectivity index (χ3n) is 2.56. The van der Waals surface area contributed by atoms with Gasteiger partial charge in [-0.2, -0.15) is 0 Å². The van der Waals surface area contributed by atoms with E-state index in [1.54, 1.807) is 0 Å². The van der Waals surface area contributed by atoms with Gasteiger partial charge in [0.05, 0.1) is 11.3 Å². The van der Waals surface area contributed by atoms with Crippen molar-refractivity contribution in [2.75, 3.05) is 4.90 Å². The highest BCUT2D eigenvalue weighted by molar-refractivity contribution is 7.12. The number of amides is 1. The van der Waals surface area contributed by atoms with Gasteiger partial charge in [0.2, 0.25) is 0 Å². The van der Waals surface area contributed by atoms with Crippen LogP contribution in [0.1, 0.15) is 20.0 Å². The molecule has 1 N–H and O–H groups in total. The average molecular weight is 315 g/mol. The van der Waals surface area contributed by atoms with Gasteiger partial charge in [-0.3, -0.25) is 4.79 Å². The van der Waals surface area contributed by atoms with E-state index in [0.29, 0.717) is 11.3 Å². The Balaban J connectivity index is 2.50. The predicted octanol–water partition coefficient (Wildman–Crippen LogP) is 3.61. The normalized spacial score (nSPS) is 11.2. The van der Waals surface area contributed by atoms with Crippen LogP contribution < -0.4 is 4.90 Å². The third kappa shape index (κ3) is 3.05. The van der Waals surface area contributed by atoms with Crippen LogP contribution >= 0.6 is 11.3 Å². The van der Waals surface area contributed by atoms with E-state index in [1.807, 2.05) is 0 Å². The largest absolute Gasteiger partial charge is 0.491 e. The maximum Gasteiger partial charge on any atom is 0.491 e. The smallest absolute Gasteiger partial charge is 0.477 e. The molecule has 21 heavy (non-hydrogen) atoms. The fourth-order valence-corrected chi connectivity index (χ4v) is 2.44. The first kappa shape index (κ1) is 15.0. The molecule has 0 saturated heterocycles. The Morgan fingerprint density at radius 2 is 1.71 bits per heavy atom. The number of hydrogen-bond acceptors (Lipinski definition) is 3. The van der Waals surface area contributed by atoms with Crippen molar-refractivity contribution >= 4 is 28.9 Å². The van der Waals surface area contributed by atoms with Crippen LogP contribution in [0.5, 0.6) is 0 Å². The lowest BCUT2D eigenvalue weighted by molar-refractivity contribution is -0.122. The maximum atomic E-state index is 13.1. The van der Waals surface area contributed by atoms with E-state index >= 15 is 0 Å². The molecular formula is C13H8F3NO3S. The van der Waals surface area contributed by atoms with Crippen LogP contribution in [0.3, 0.4) is 0 Å². The van der Waals surface area contributed by atoms with Crippen molar-refractivity contribution in [1.82, 2.24) is 0 Å². The Bertz CT molecular complexity index is 667. The molecule has 2 rings (SSSR count). The Morgan fingerprint density at radius 1 is 1.10 bits per heavy atom. The van der Waals surface area contributed by atoms with Crippen molar-refractivity contribution in [3.05, 3.63) is 52.2 Å². The lowest BCUT2D eigenvalue weighted by Gasteiger charge is -2.24. The van der Waals surface area contributed by atoms with E-state index in [9.17, 15) is 22.8 Å². The number of thiophene rings is 1. The van der Waals surface area contributed by atoms with Gasteiger partial charge in [-0.25, -0.2) is 9.69 Å². The summed E-state index contributed by atoms with van der Waals surface area (Å²) in [4.78, 5) is 22.3. The quantitative estimate of drug-likeness (QED) is 0.880. The molecule has 0 unspecified atom stereocenters. The van der Waals surface area contributed by atoms with Gasteiger partial charge in [-0.15, -0.1) is 24.5 Å². The number of carbonyl (C=O) groups excluding carboxylic acids is 1. The molecule has 0 atom stereocenters. The number of carboxylic acid groups (broad SMARTS) is 1. The summed E-state index contributed by atoms with van der Waals surface area (Å²) in [6.07, 6.45) is -4.96. The molecule has 0 aliphatic rings. The lowest BCUT2D eigenvalue weighted by Crippen LogP contribution is -2.43. The van der Waals surface area contributed by atoms with Gasteiger partial charge in [0, 0.05) is 0 Å². The van der Waals surface area contributed by atoms with Crippen molar-refractivity contribution in [3.8, 4) is 0 Å².